The Bertz CT molecular complexity index is 623. The molecule has 1 unspecified atom stereocenters. The second-order valence-corrected chi connectivity index (χ2v) is 8.54. The molecule has 0 spiro atoms. The molecule has 4 saturated carbocycles. The molecular weight excluding hydrogens is 312 g/mol. The molecule has 1 atom stereocenters. The third-order valence-corrected chi connectivity index (χ3v) is 6.80. The first-order valence-electron chi connectivity index (χ1n) is 9.73. The Labute approximate surface area is 150 Å². The van der Waals surface area contributed by atoms with Gasteiger partial charge in [-0.2, -0.15) is 0 Å². The highest BCUT2D eigenvalue weighted by atomic mass is 16.5. The summed E-state index contributed by atoms with van der Waals surface area (Å²) in [5.74, 6) is 1.93. The van der Waals surface area contributed by atoms with Gasteiger partial charge in [-0.1, -0.05) is 19.1 Å². The molecule has 0 radical (unpaired) electrons. The van der Waals surface area contributed by atoms with Gasteiger partial charge in [0.05, 0.1) is 11.8 Å². The predicted molar refractivity (Wildman–Crippen MR) is 98.2 cm³/mol. The van der Waals surface area contributed by atoms with Crippen molar-refractivity contribution >= 4 is 12.0 Å². The average Bonchev–Trinajstić information content (AvgIpc) is 2.57. The summed E-state index contributed by atoms with van der Waals surface area (Å²) in [6.45, 7) is 2.25. The predicted octanol–water partition coefficient (Wildman–Crippen LogP) is 5.37. The van der Waals surface area contributed by atoms with Crippen molar-refractivity contribution < 1.29 is 14.6 Å². The molecule has 3 heteroatoms. The number of carboxylic acid groups (broad SMARTS) is 1. The Hall–Kier alpha value is -1.77. The first-order valence-corrected chi connectivity index (χ1v) is 9.73. The SMILES string of the molecule is CCC(O/C=C/c1ccc(C(=O)O)cc1)C12CC3CC(CC(C3)C1)C2. The fourth-order valence-electron chi connectivity index (χ4n) is 6.20. The van der Waals surface area contributed by atoms with Crippen molar-refractivity contribution in [3.05, 3.63) is 41.7 Å². The lowest BCUT2D eigenvalue weighted by Gasteiger charge is -2.58. The molecule has 0 amide bonds. The lowest BCUT2D eigenvalue weighted by atomic mass is 9.48. The van der Waals surface area contributed by atoms with Crippen molar-refractivity contribution in [1.82, 2.24) is 0 Å². The van der Waals surface area contributed by atoms with Gasteiger partial charge in [-0.3, -0.25) is 0 Å². The molecular formula is C22H28O3. The van der Waals surface area contributed by atoms with E-state index in [0.29, 0.717) is 17.1 Å². The van der Waals surface area contributed by atoms with Gasteiger partial charge in [-0.15, -0.1) is 0 Å². The molecule has 0 heterocycles. The van der Waals surface area contributed by atoms with Crippen molar-refractivity contribution in [3.63, 3.8) is 0 Å². The van der Waals surface area contributed by atoms with E-state index in [2.05, 4.69) is 6.92 Å². The van der Waals surface area contributed by atoms with Crippen LogP contribution < -0.4 is 0 Å². The molecule has 1 N–H and O–H groups in total. The molecule has 134 valence electrons. The van der Waals surface area contributed by atoms with Crippen LogP contribution in [0.1, 0.15) is 67.8 Å². The van der Waals surface area contributed by atoms with Crippen LogP contribution in [0.3, 0.4) is 0 Å². The van der Waals surface area contributed by atoms with Gasteiger partial charge in [0, 0.05) is 5.41 Å². The van der Waals surface area contributed by atoms with E-state index >= 15 is 0 Å². The summed E-state index contributed by atoms with van der Waals surface area (Å²) in [4.78, 5) is 10.9. The Morgan fingerprint density at radius 3 is 2.20 bits per heavy atom. The van der Waals surface area contributed by atoms with E-state index in [1.165, 1.54) is 38.5 Å². The summed E-state index contributed by atoms with van der Waals surface area (Å²) >= 11 is 0. The Kier molecular flexibility index (Phi) is 4.35. The number of aromatic carboxylic acids is 1. The minimum absolute atomic E-state index is 0.315. The van der Waals surface area contributed by atoms with E-state index in [9.17, 15) is 4.79 Å². The first kappa shape index (κ1) is 16.7. The quantitative estimate of drug-likeness (QED) is 0.708. The van der Waals surface area contributed by atoms with Crippen LogP contribution >= 0.6 is 0 Å². The van der Waals surface area contributed by atoms with Crippen LogP contribution in [0.15, 0.2) is 30.5 Å². The van der Waals surface area contributed by atoms with Crippen LogP contribution in [0, 0.1) is 23.2 Å². The fourth-order valence-corrected chi connectivity index (χ4v) is 6.20. The summed E-state index contributed by atoms with van der Waals surface area (Å²) in [6, 6.07) is 6.93. The van der Waals surface area contributed by atoms with E-state index in [1.54, 1.807) is 12.1 Å². The summed E-state index contributed by atoms with van der Waals surface area (Å²) in [7, 11) is 0. The zero-order chi connectivity index (χ0) is 17.4. The molecule has 0 saturated heterocycles. The zero-order valence-electron chi connectivity index (χ0n) is 15.0. The number of hydrogen-bond acceptors (Lipinski definition) is 2. The minimum atomic E-state index is -0.889. The molecule has 4 aliphatic carbocycles. The lowest BCUT2D eigenvalue weighted by molar-refractivity contribution is -0.123. The average molecular weight is 340 g/mol. The number of hydrogen-bond donors (Lipinski definition) is 1. The second kappa shape index (κ2) is 6.51. The lowest BCUT2D eigenvalue weighted by Crippen LogP contribution is -2.51. The summed E-state index contributed by atoms with van der Waals surface area (Å²) in [5, 5.41) is 8.97. The molecule has 0 aromatic heterocycles. The van der Waals surface area contributed by atoms with Crippen LogP contribution in [0.25, 0.3) is 6.08 Å². The van der Waals surface area contributed by atoms with E-state index < -0.39 is 5.97 Å². The smallest absolute Gasteiger partial charge is 0.335 e. The Balaban J connectivity index is 1.43. The Morgan fingerprint density at radius 2 is 1.72 bits per heavy atom. The minimum Gasteiger partial charge on any atom is -0.497 e. The summed E-state index contributed by atoms with van der Waals surface area (Å²) in [5.41, 5.74) is 1.70. The van der Waals surface area contributed by atoms with Crippen LogP contribution in [-0.2, 0) is 4.74 Å². The monoisotopic (exact) mass is 340 g/mol. The van der Waals surface area contributed by atoms with E-state index in [-0.39, 0.29) is 0 Å². The van der Waals surface area contributed by atoms with Crippen molar-refractivity contribution in [2.24, 2.45) is 23.2 Å². The van der Waals surface area contributed by atoms with Crippen molar-refractivity contribution in [1.29, 1.82) is 0 Å². The van der Waals surface area contributed by atoms with Crippen LogP contribution in [-0.4, -0.2) is 17.2 Å². The van der Waals surface area contributed by atoms with Crippen LogP contribution in [0.4, 0.5) is 0 Å². The number of carboxylic acids is 1. The van der Waals surface area contributed by atoms with E-state index in [4.69, 9.17) is 9.84 Å². The standard InChI is InChI=1S/C22H28O3/c1-2-20(22-12-16-9-17(13-22)11-18(10-16)14-22)25-8-7-15-3-5-19(6-4-15)21(23)24/h3-8,16-18,20H,2,9-14H2,1H3,(H,23,24)/b8-7+. The highest BCUT2D eigenvalue weighted by Crippen LogP contribution is 2.62. The van der Waals surface area contributed by atoms with E-state index in [0.717, 1.165) is 29.7 Å². The van der Waals surface area contributed by atoms with Crippen LogP contribution in [0.2, 0.25) is 0 Å². The molecule has 3 nitrogen and oxygen atoms in total. The number of benzene rings is 1. The van der Waals surface area contributed by atoms with E-state index in [1.807, 2.05) is 24.5 Å². The van der Waals surface area contributed by atoms with Gasteiger partial charge < -0.3 is 9.84 Å². The summed E-state index contributed by atoms with van der Waals surface area (Å²) in [6.07, 6.45) is 13.6. The number of rotatable bonds is 6. The maximum atomic E-state index is 10.9. The van der Waals surface area contributed by atoms with Gasteiger partial charge in [0.2, 0.25) is 0 Å². The highest BCUT2D eigenvalue weighted by Gasteiger charge is 2.54. The fraction of sp³-hybridized carbons (Fsp3) is 0.591. The van der Waals surface area contributed by atoms with Crippen LogP contribution in [0.5, 0.6) is 0 Å². The first-order chi connectivity index (χ1) is 12.1. The second-order valence-electron chi connectivity index (χ2n) is 8.54. The zero-order valence-corrected chi connectivity index (χ0v) is 15.0. The van der Waals surface area contributed by atoms with Gasteiger partial charge in [0.1, 0.15) is 6.10 Å². The molecule has 1 aromatic rings. The van der Waals surface area contributed by atoms with Gasteiger partial charge in [-0.05, 0) is 86.5 Å². The molecule has 25 heavy (non-hydrogen) atoms. The largest absolute Gasteiger partial charge is 0.497 e. The Morgan fingerprint density at radius 1 is 1.16 bits per heavy atom. The van der Waals surface area contributed by atoms with Crippen molar-refractivity contribution in [2.75, 3.05) is 0 Å². The maximum absolute atomic E-state index is 10.9. The third kappa shape index (κ3) is 3.21. The third-order valence-electron chi connectivity index (χ3n) is 6.80. The highest BCUT2D eigenvalue weighted by molar-refractivity contribution is 5.87. The molecule has 4 bridgehead atoms. The molecule has 4 aliphatic rings. The topological polar surface area (TPSA) is 46.5 Å². The van der Waals surface area contributed by atoms with Gasteiger partial charge in [0.25, 0.3) is 0 Å². The normalized spacial score (nSPS) is 34.4. The van der Waals surface area contributed by atoms with Crippen molar-refractivity contribution in [3.8, 4) is 0 Å². The number of ether oxygens (including phenoxy) is 1. The van der Waals surface area contributed by atoms with Gasteiger partial charge >= 0.3 is 5.97 Å². The van der Waals surface area contributed by atoms with Crippen molar-refractivity contribution in [2.45, 2.75) is 58.0 Å². The number of carbonyl (C=O) groups is 1. The van der Waals surface area contributed by atoms with Gasteiger partial charge in [-0.25, -0.2) is 4.79 Å². The summed E-state index contributed by atoms with van der Waals surface area (Å²) < 4.78 is 6.26. The van der Waals surface area contributed by atoms with Gasteiger partial charge in [0.15, 0.2) is 0 Å². The molecule has 4 fully saturated rings. The molecule has 0 aliphatic heterocycles. The molecule has 5 rings (SSSR count). The molecule has 1 aromatic carbocycles. The maximum Gasteiger partial charge on any atom is 0.335 e.